The average Bonchev–Trinajstić information content (AvgIpc) is 2.62. The molecule has 0 aliphatic carbocycles. The van der Waals surface area contributed by atoms with Gasteiger partial charge in [0.15, 0.2) is 0 Å². The van der Waals surface area contributed by atoms with Gasteiger partial charge in [0.25, 0.3) is 0 Å². The van der Waals surface area contributed by atoms with Gasteiger partial charge in [0, 0.05) is 13.1 Å². The molecule has 1 heterocycles. The summed E-state index contributed by atoms with van der Waals surface area (Å²) in [6.45, 7) is 2.03. The van der Waals surface area contributed by atoms with Gasteiger partial charge < -0.3 is 10.5 Å². The van der Waals surface area contributed by atoms with E-state index >= 15 is 0 Å². The van der Waals surface area contributed by atoms with Crippen molar-refractivity contribution in [1.82, 2.24) is 4.90 Å². The van der Waals surface area contributed by atoms with Gasteiger partial charge in [-0.2, -0.15) is 13.2 Å². The molecule has 0 amide bonds. The molecule has 0 aromatic rings. The fourth-order valence-electron chi connectivity index (χ4n) is 1.93. The molecule has 2 unspecified atom stereocenters. The molecule has 3 nitrogen and oxygen atoms in total. The van der Waals surface area contributed by atoms with Crippen LogP contribution in [0, 0.1) is 0 Å². The number of hydrogen-bond acceptors (Lipinski definition) is 3. The minimum atomic E-state index is -4.14. The number of nitrogens with two attached hydrogens (primary N) is 1. The van der Waals surface area contributed by atoms with Crippen molar-refractivity contribution in [1.29, 1.82) is 0 Å². The minimum absolute atomic E-state index is 0.0228. The first kappa shape index (κ1) is 13.7. The van der Waals surface area contributed by atoms with Crippen LogP contribution in [0.15, 0.2) is 0 Å². The first-order valence-corrected chi connectivity index (χ1v) is 5.59. The summed E-state index contributed by atoms with van der Waals surface area (Å²) in [6, 6.07) is 0. The summed E-state index contributed by atoms with van der Waals surface area (Å²) in [5.74, 6) is 0. The van der Waals surface area contributed by atoms with Gasteiger partial charge >= 0.3 is 6.18 Å². The van der Waals surface area contributed by atoms with Crippen molar-refractivity contribution < 1.29 is 17.9 Å². The minimum Gasteiger partial charge on any atom is -0.372 e. The van der Waals surface area contributed by atoms with Crippen molar-refractivity contribution in [2.45, 2.75) is 38.1 Å². The maximum Gasteiger partial charge on any atom is 0.401 e. The van der Waals surface area contributed by atoms with Crippen molar-refractivity contribution in [3.05, 3.63) is 0 Å². The summed E-state index contributed by atoms with van der Waals surface area (Å²) in [7, 11) is 0. The van der Waals surface area contributed by atoms with Crippen LogP contribution in [-0.2, 0) is 4.74 Å². The second kappa shape index (κ2) is 5.84. The fraction of sp³-hybridized carbons (Fsp3) is 1.00. The highest BCUT2D eigenvalue weighted by Gasteiger charge is 2.32. The Kier molecular flexibility index (Phi) is 5.01. The van der Waals surface area contributed by atoms with Crippen LogP contribution in [0.1, 0.15) is 19.8 Å². The van der Waals surface area contributed by atoms with Crippen molar-refractivity contribution in [3.8, 4) is 0 Å². The SMILES string of the molecule is CCN(CC1CCC(CN)O1)CC(F)(F)F. The first-order chi connectivity index (χ1) is 7.44. The lowest BCUT2D eigenvalue weighted by Gasteiger charge is -2.25. The highest BCUT2D eigenvalue weighted by molar-refractivity contribution is 4.77. The van der Waals surface area contributed by atoms with E-state index in [1.54, 1.807) is 6.92 Å². The van der Waals surface area contributed by atoms with Gasteiger partial charge in [0.05, 0.1) is 18.8 Å². The van der Waals surface area contributed by atoms with E-state index in [1.165, 1.54) is 4.90 Å². The standard InChI is InChI=1S/C10H19F3N2O/c1-2-15(7-10(11,12)13)6-9-4-3-8(5-14)16-9/h8-9H,2-7,14H2,1H3. The highest BCUT2D eigenvalue weighted by Crippen LogP contribution is 2.22. The van der Waals surface area contributed by atoms with Gasteiger partial charge in [-0.25, -0.2) is 0 Å². The van der Waals surface area contributed by atoms with Crippen LogP contribution < -0.4 is 5.73 Å². The summed E-state index contributed by atoms with van der Waals surface area (Å²) >= 11 is 0. The lowest BCUT2D eigenvalue weighted by molar-refractivity contribution is -0.148. The Morgan fingerprint density at radius 1 is 1.31 bits per heavy atom. The summed E-state index contributed by atoms with van der Waals surface area (Å²) in [5.41, 5.74) is 5.44. The Morgan fingerprint density at radius 2 is 1.94 bits per heavy atom. The number of alkyl halides is 3. The largest absolute Gasteiger partial charge is 0.401 e. The van der Waals surface area contributed by atoms with Crippen LogP contribution in [0.3, 0.4) is 0 Å². The van der Waals surface area contributed by atoms with Crippen LogP contribution in [0.4, 0.5) is 13.2 Å². The van der Waals surface area contributed by atoms with Crippen LogP contribution in [0.25, 0.3) is 0 Å². The maximum absolute atomic E-state index is 12.2. The topological polar surface area (TPSA) is 38.5 Å². The normalized spacial score (nSPS) is 26.6. The molecule has 2 atom stereocenters. The molecule has 0 bridgehead atoms. The summed E-state index contributed by atoms with van der Waals surface area (Å²) in [6.07, 6.45) is -2.56. The van der Waals surface area contributed by atoms with E-state index in [-0.39, 0.29) is 12.2 Å². The van der Waals surface area contributed by atoms with E-state index in [4.69, 9.17) is 10.5 Å². The summed E-state index contributed by atoms with van der Waals surface area (Å²) in [4.78, 5) is 1.36. The van der Waals surface area contributed by atoms with Gasteiger partial charge in [-0.05, 0) is 19.4 Å². The first-order valence-electron chi connectivity index (χ1n) is 5.59. The number of ether oxygens (including phenoxy) is 1. The summed E-state index contributed by atoms with van der Waals surface area (Å²) < 4.78 is 42.1. The Hall–Kier alpha value is -0.330. The molecule has 1 rings (SSSR count). The molecule has 2 N–H and O–H groups in total. The van der Waals surface area contributed by atoms with E-state index in [1.807, 2.05) is 0 Å². The molecule has 1 aliphatic rings. The van der Waals surface area contributed by atoms with Crippen LogP contribution in [-0.4, -0.2) is 49.5 Å². The number of halogens is 3. The molecule has 0 aromatic carbocycles. The van der Waals surface area contributed by atoms with Crippen LogP contribution >= 0.6 is 0 Å². The lowest BCUT2D eigenvalue weighted by Crippen LogP contribution is -2.39. The number of nitrogens with zero attached hydrogens (tertiary/aromatic N) is 1. The van der Waals surface area contributed by atoms with Crippen LogP contribution in [0.2, 0.25) is 0 Å². The molecule has 6 heteroatoms. The third-order valence-corrected chi connectivity index (χ3v) is 2.77. The maximum atomic E-state index is 12.2. The fourth-order valence-corrected chi connectivity index (χ4v) is 1.93. The molecule has 0 radical (unpaired) electrons. The van der Waals surface area contributed by atoms with Crippen molar-refractivity contribution in [2.24, 2.45) is 5.73 Å². The molecule has 96 valence electrons. The molecule has 0 spiro atoms. The van der Waals surface area contributed by atoms with Gasteiger partial charge in [-0.1, -0.05) is 6.92 Å². The quantitative estimate of drug-likeness (QED) is 0.789. The number of rotatable bonds is 5. The second-order valence-electron chi connectivity index (χ2n) is 4.14. The Morgan fingerprint density at radius 3 is 2.38 bits per heavy atom. The van der Waals surface area contributed by atoms with E-state index in [2.05, 4.69) is 0 Å². The lowest BCUT2D eigenvalue weighted by atomic mass is 10.2. The van der Waals surface area contributed by atoms with Crippen molar-refractivity contribution in [2.75, 3.05) is 26.2 Å². The average molecular weight is 240 g/mol. The van der Waals surface area contributed by atoms with E-state index in [9.17, 15) is 13.2 Å². The molecule has 1 aliphatic heterocycles. The highest BCUT2D eigenvalue weighted by atomic mass is 19.4. The zero-order valence-electron chi connectivity index (χ0n) is 9.46. The number of likely N-dealkylation sites (N-methyl/N-ethyl adjacent to an activating group) is 1. The molecular weight excluding hydrogens is 221 g/mol. The van der Waals surface area contributed by atoms with E-state index < -0.39 is 12.7 Å². The molecule has 0 saturated carbocycles. The molecule has 1 saturated heterocycles. The Labute approximate surface area is 93.7 Å². The zero-order valence-corrected chi connectivity index (χ0v) is 9.46. The van der Waals surface area contributed by atoms with E-state index in [0.29, 0.717) is 19.6 Å². The molecular formula is C10H19F3N2O. The Bertz CT molecular complexity index is 211. The van der Waals surface area contributed by atoms with Gasteiger partial charge in [0.2, 0.25) is 0 Å². The monoisotopic (exact) mass is 240 g/mol. The van der Waals surface area contributed by atoms with Gasteiger partial charge in [-0.3, -0.25) is 4.90 Å². The summed E-state index contributed by atoms with van der Waals surface area (Å²) in [5, 5.41) is 0. The smallest absolute Gasteiger partial charge is 0.372 e. The zero-order chi connectivity index (χ0) is 12.2. The van der Waals surface area contributed by atoms with Crippen molar-refractivity contribution in [3.63, 3.8) is 0 Å². The second-order valence-corrected chi connectivity index (χ2v) is 4.14. The predicted molar refractivity (Wildman–Crippen MR) is 55.1 cm³/mol. The van der Waals surface area contributed by atoms with Crippen LogP contribution in [0.5, 0.6) is 0 Å². The third kappa shape index (κ3) is 4.67. The molecule has 0 aromatic heterocycles. The Balaban J connectivity index is 2.34. The third-order valence-electron chi connectivity index (χ3n) is 2.77. The number of hydrogen-bond donors (Lipinski definition) is 1. The van der Waals surface area contributed by atoms with Crippen molar-refractivity contribution >= 4 is 0 Å². The molecule has 16 heavy (non-hydrogen) atoms. The predicted octanol–water partition coefficient (Wildman–Crippen LogP) is 1.38. The van der Waals surface area contributed by atoms with Gasteiger partial charge in [-0.15, -0.1) is 0 Å². The van der Waals surface area contributed by atoms with Gasteiger partial charge in [0.1, 0.15) is 0 Å². The molecule has 1 fully saturated rings. The van der Waals surface area contributed by atoms with E-state index in [0.717, 1.165) is 12.8 Å².